The Morgan fingerprint density at radius 2 is 1.76 bits per heavy atom. The molecule has 238 valence electrons. The van der Waals surface area contributed by atoms with Crippen LogP contribution in [0.5, 0.6) is 0 Å². The maximum atomic E-state index is 15.4. The van der Waals surface area contributed by atoms with Crippen molar-refractivity contribution in [1.29, 1.82) is 0 Å². The van der Waals surface area contributed by atoms with E-state index in [4.69, 9.17) is 4.74 Å². The summed E-state index contributed by atoms with van der Waals surface area (Å²) in [7, 11) is -2.93. The number of ketones is 1. The summed E-state index contributed by atoms with van der Waals surface area (Å²) < 4.78 is 58.6. The second kappa shape index (κ2) is 12.8. The lowest BCUT2D eigenvalue weighted by atomic mass is 10.00. The lowest BCUT2D eigenvalue weighted by Crippen LogP contribution is -2.50. The van der Waals surface area contributed by atoms with Gasteiger partial charge < -0.3 is 24.8 Å². The van der Waals surface area contributed by atoms with Crippen LogP contribution in [0, 0.1) is 11.6 Å². The number of carbonyl (C=O) groups excluding carboxylic acids is 2. The Labute approximate surface area is 260 Å². The summed E-state index contributed by atoms with van der Waals surface area (Å²) in [6.45, 7) is 9.28. The molecule has 3 aromatic heterocycles. The summed E-state index contributed by atoms with van der Waals surface area (Å²) in [5.41, 5.74) is 0.0329. The van der Waals surface area contributed by atoms with Crippen molar-refractivity contribution in [2.24, 2.45) is 0 Å². The number of H-pyrrole nitrogens is 1. The topological polar surface area (TPSA) is 138 Å². The number of piperazine rings is 1. The number of anilines is 2. The number of halogens is 2. The average Bonchev–Trinajstić information content (AvgIpc) is 3.43. The zero-order valence-electron chi connectivity index (χ0n) is 25.3. The molecule has 0 radical (unpaired) electrons. The van der Waals surface area contributed by atoms with Crippen LogP contribution in [0.2, 0.25) is 0 Å². The predicted molar refractivity (Wildman–Crippen MR) is 167 cm³/mol. The van der Waals surface area contributed by atoms with Gasteiger partial charge in [-0.2, -0.15) is 0 Å². The number of ether oxygens (including phenoxy) is 1. The number of benzene rings is 1. The highest BCUT2D eigenvalue weighted by Crippen LogP contribution is 2.30. The molecule has 1 fully saturated rings. The Kier molecular flexibility index (Phi) is 9.05. The number of nitrogens with one attached hydrogen (secondary N) is 2. The predicted octanol–water partition coefficient (Wildman–Crippen LogP) is 4.95. The number of pyridine rings is 2. The van der Waals surface area contributed by atoms with Crippen LogP contribution in [-0.4, -0.2) is 77.3 Å². The molecule has 0 saturated carbocycles. The van der Waals surface area contributed by atoms with Crippen LogP contribution in [0.3, 0.4) is 0 Å². The molecule has 0 bridgehead atoms. The Morgan fingerprint density at radius 1 is 1.04 bits per heavy atom. The summed E-state index contributed by atoms with van der Waals surface area (Å²) in [5.74, 6) is -2.44. The van der Waals surface area contributed by atoms with Crippen LogP contribution < -0.4 is 10.2 Å². The highest BCUT2D eigenvalue weighted by atomic mass is 32.2. The molecule has 45 heavy (non-hydrogen) atoms. The van der Waals surface area contributed by atoms with Crippen molar-refractivity contribution in [3.63, 3.8) is 0 Å². The normalized spacial score (nSPS) is 14.6. The first-order valence-electron chi connectivity index (χ1n) is 14.5. The molecule has 0 aliphatic carbocycles. The molecule has 4 heterocycles. The third kappa shape index (κ3) is 6.90. The van der Waals surface area contributed by atoms with Crippen molar-refractivity contribution in [2.45, 2.75) is 45.1 Å². The number of carbonyl (C=O) groups is 2. The smallest absolute Gasteiger partial charge is 0.410 e. The van der Waals surface area contributed by atoms with Crippen molar-refractivity contribution in [2.75, 3.05) is 36.4 Å². The third-order valence-electron chi connectivity index (χ3n) is 7.39. The highest BCUT2D eigenvalue weighted by molar-refractivity contribution is 7.73. The maximum absolute atomic E-state index is 15.4. The molecule has 0 spiro atoms. The van der Waals surface area contributed by atoms with Crippen molar-refractivity contribution in [3.8, 4) is 11.1 Å². The molecule has 1 amide bonds. The second-order valence-corrected chi connectivity index (χ2v) is 12.8. The van der Waals surface area contributed by atoms with Crippen LogP contribution >= 0.6 is 0 Å². The van der Waals surface area contributed by atoms with Crippen LogP contribution in [0.15, 0.2) is 48.9 Å². The minimum atomic E-state index is -2.93. The monoisotopic (exact) mass is 640 g/mol. The third-order valence-corrected chi connectivity index (χ3v) is 8.40. The quantitative estimate of drug-likeness (QED) is 0.180. The van der Waals surface area contributed by atoms with E-state index in [1.165, 1.54) is 6.20 Å². The van der Waals surface area contributed by atoms with Gasteiger partial charge in [0, 0.05) is 66.8 Å². The summed E-state index contributed by atoms with van der Waals surface area (Å²) in [6, 6.07) is 7.39. The Morgan fingerprint density at radius 3 is 2.38 bits per heavy atom. The SMILES string of the molecule is CCC(Nc1ccc(F)c(C(=O)c2c[nH]c3ncc(-c4ccc(N5CCN(C(=O)OC(C)(C)C)CC5)nc4)cc23)c1F)[SH](=O)=O. The molecule has 14 heteroatoms. The maximum Gasteiger partial charge on any atom is 0.410 e. The van der Waals surface area contributed by atoms with E-state index < -0.39 is 44.7 Å². The van der Waals surface area contributed by atoms with E-state index in [0.717, 1.165) is 18.0 Å². The van der Waals surface area contributed by atoms with E-state index in [-0.39, 0.29) is 23.8 Å². The number of thiol groups is 1. The van der Waals surface area contributed by atoms with Crippen LogP contribution in [-0.2, 0) is 15.4 Å². The Balaban J connectivity index is 1.35. The number of hydrogen-bond donors (Lipinski definition) is 3. The van der Waals surface area contributed by atoms with Crippen LogP contribution in [0.4, 0.5) is 25.1 Å². The molecular formula is C31H34F2N6O5S. The van der Waals surface area contributed by atoms with Gasteiger partial charge in [-0.25, -0.2) is 32.0 Å². The number of amides is 1. The summed E-state index contributed by atoms with van der Waals surface area (Å²) >= 11 is 0. The fourth-order valence-corrected chi connectivity index (χ4v) is 5.57. The van der Waals surface area contributed by atoms with Gasteiger partial charge in [0.25, 0.3) is 0 Å². The molecule has 1 atom stereocenters. The standard InChI is InChI=1S/C31H34F2N6O5S/c1-5-25(45(42)43)37-23-8-7-22(32)26(27(23)33)28(40)21-17-36-29-20(21)14-19(16-35-29)18-6-9-24(34-15-18)38-10-12-39(13-11-38)30(41)44-31(2,3)4/h6-9,14-17,25,37,45H,5,10-13H2,1-4H3,(H,35,36). The molecule has 1 unspecified atom stereocenters. The fraction of sp³-hybridized carbons (Fsp3) is 0.355. The largest absolute Gasteiger partial charge is 0.444 e. The fourth-order valence-electron chi connectivity index (χ4n) is 5.03. The first-order chi connectivity index (χ1) is 21.4. The van der Waals surface area contributed by atoms with Crippen molar-refractivity contribution in [3.05, 3.63) is 71.7 Å². The lowest BCUT2D eigenvalue weighted by molar-refractivity contribution is 0.0240. The number of rotatable bonds is 8. The molecular weight excluding hydrogens is 606 g/mol. The molecule has 11 nitrogen and oxygen atoms in total. The number of hydrogen-bond acceptors (Lipinski definition) is 9. The van der Waals surface area contributed by atoms with Gasteiger partial charge in [-0.1, -0.05) is 6.92 Å². The van der Waals surface area contributed by atoms with E-state index >= 15 is 4.39 Å². The molecule has 1 saturated heterocycles. The Hall–Kier alpha value is -4.59. The van der Waals surface area contributed by atoms with E-state index in [0.29, 0.717) is 48.3 Å². The minimum absolute atomic E-state index is 0.00341. The molecule has 4 aromatic rings. The van der Waals surface area contributed by atoms with Crippen LogP contribution in [0.1, 0.15) is 50.0 Å². The number of aromatic amines is 1. The first kappa shape index (κ1) is 31.8. The van der Waals surface area contributed by atoms with Gasteiger partial charge in [0.15, 0.2) is 16.5 Å². The van der Waals surface area contributed by atoms with Crippen molar-refractivity contribution in [1.82, 2.24) is 19.9 Å². The first-order valence-corrected chi connectivity index (χ1v) is 15.7. The number of nitrogens with zero attached hydrogens (tertiary/aromatic N) is 4. The van der Waals surface area contributed by atoms with Crippen molar-refractivity contribution >= 4 is 45.1 Å². The van der Waals surface area contributed by atoms with Gasteiger partial charge >= 0.3 is 6.09 Å². The Bertz CT molecular complexity index is 1800. The van der Waals surface area contributed by atoms with Gasteiger partial charge in [-0.05, 0) is 57.5 Å². The zero-order valence-corrected chi connectivity index (χ0v) is 26.2. The van der Waals surface area contributed by atoms with E-state index in [9.17, 15) is 22.4 Å². The minimum Gasteiger partial charge on any atom is -0.444 e. The highest BCUT2D eigenvalue weighted by Gasteiger charge is 2.27. The average molecular weight is 641 g/mol. The number of fused-ring (bicyclic) bond motifs is 1. The lowest BCUT2D eigenvalue weighted by Gasteiger charge is -2.36. The van der Waals surface area contributed by atoms with E-state index in [1.807, 2.05) is 32.9 Å². The van der Waals surface area contributed by atoms with Gasteiger partial charge in [0.05, 0.1) is 11.3 Å². The molecule has 5 rings (SSSR count). The van der Waals surface area contributed by atoms with E-state index in [2.05, 4.69) is 25.2 Å². The summed E-state index contributed by atoms with van der Waals surface area (Å²) in [4.78, 5) is 41.5. The van der Waals surface area contributed by atoms with Gasteiger partial charge in [0.1, 0.15) is 28.3 Å². The van der Waals surface area contributed by atoms with Gasteiger partial charge in [-0.3, -0.25) is 4.79 Å². The molecule has 1 aliphatic heterocycles. The summed E-state index contributed by atoms with van der Waals surface area (Å²) in [5, 5.41) is 1.81. The molecule has 1 aliphatic rings. The van der Waals surface area contributed by atoms with E-state index in [1.54, 1.807) is 30.3 Å². The molecule has 2 N–H and O–H groups in total. The number of aromatic nitrogens is 3. The molecule has 1 aromatic carbocycles. The summed E-state index contributed by atoms with van der Waals surface area (Å²) in [6.07, 6.45) is 4.42. The zero-order chi connectivity index (χ0) is 32.5. The second-order valence-electron chi connectivity index (χ2n) is 11.6. The van der Waals surface area contributed by atoms with Crippen LogP contribution in [0.25, 0.3) is 22.2 Å². The van der Waals surface area contributed by atoms with Gasteiger partial charge in [0.2, 0.25) is 5.78 Å². The van der Waals surface area contributed by atoms with Crippen molar-refractivity contribution < 1.29 is 31.5 Å². The van der Waals surface area contributed by atoms with Gasteiger partial charge in [-0.15, -0.1) is 0 Å².